The number of anilines is 1. The maximum absolute atomic E-state index is 13.3. The maximum Gasteiger partial charge on any atom is 0.227 e. The first-order valence-electron chi connectivity index (χ1n) is 7.82. The SMILES string of the molecule is O=C(NCc1ccc(F)cc1Cl)C1CC(=O)N(c2ccc(F)c(Cl)c2)C1. The Labute approximate surface area is 158 Å². The van der Waals surface area contributed by atoms with Crippen molar-refractivity contribution in [3.63, 3.8) is 0 Å². The molecule has 1 unspecified atom stereocenters. The summed E-state index contributed by atoms with van der Waals surface area (Å²) in [7, 11) is 0. The molecule has 0 saturated carbocycles. The highest BCUT2D eigenvalue weighted by molar-refractivity contribution is 6.31. The number of benzene rings is 2. The molecule has 1 aliphatic heterocycles. The first-order valence-corrected chi connectivity index (χ1v) is 8.58. The van der Waals surface area contributed by atoms with Crippen LogP contribution in [0.4, 0.5) is 14.5 Å². The van der Waals surface area contributed by atoms with Crippen LogP contribution in [0.3, 0.4) is 0 Å². The van der Waals surface area contributed by atoms with E-state index in [0.29, 0.717) is 11.3 Å². The highest BCUT2D eigenvalue weighted by Gasteiger charge is 2.35. The monoisotopic (exact) mass is 398 g/mol. The number of hydrogen-bond donors (Lipinski definition) is 1. The van der Waals surface area contributed by atoms with Crippen molar-refractivity contribution in [2.75, 3.05) is 11.4 Å². The molecule has 1 heterocycles. The van der Waals surface area contributed by atoms with E-state index in [1.807, 2.05) is 0 Å². The zero-order valence-corrected chi connectivity index (χ0v) is 15.0. The summed E-state index contributed by atoms with van der Waals surface area (Å²) in [6.07, 6.45) is 0.0397. The largest absolute Gasteiger partial charge is 0.352 e. The van der Waals surface area contributed by atoms with Gasteiger partial charge in [-0.15, -0.1) is 0 Å². The average molecular weight is 399 g/mol. The van der Waals surface area contributed by atoms with Gasteiger partial charge >= 0.3 is 0 Å². The van der Waals surface area contributed by atoms with Crippen molar-refractivity contribution in [3.8, 4) is 0 Å². The van der Waals surface area contributed by atoms with E-state index in [9.17, 15) is 18.4 Å². The van der Waals surface area contributed by atoms with Gasteiger partial charge in [-0.1, -0.05) is 29.3 Å². The van der Waals surface area contributed by atoms with Crippen molar-refractivity contribution < 1.29 is 18.4 Å². The molecule has 0 spiro atoms. The number of halogens is 4. The Bertz CT molecular complexity index is 876. The molecule has 2 aromatic rings. The molecule has 1 N–H and O–H groups in total. The Morgan fingerprint density at radius 3 is 2.62 bits per heavy atom. The van der Waals surface area contributed by atoms with E-state index < -0.39 is 17.6 Å². The lowest BCUT2D eigenvalue weighted by Crippen LogP contribution is -2.32. The summed E-state index contributed by atoms with van der Waals surface area (Å²) < 4.78 is 26.3. The molecule has 1 fully saturated rings. The lowest BCUT2D eigenvalue weighted by atomic mass is 10.1. The van der Waals surface area contributed by atoms with E-state index in [0.717, 1.165) is 0 Å². The van der Waals surface area contributed by atoms with Crippen molar-refractivity contribution in [2.45, 2.75) is 13.0 Å². The third-order valence-electron chi connectivity index (χ3n) is 4.18. The average Bonchev–Trinajstić information content (AvgIpc) is 2.98. The van der Waals surface area contributed by atoms with Crippen molar-refractivity contribution in [2.24, 2.45) is 5.92 Å². The van der Waals surface area contributed by atoms with Gasteiger partial charge in [0.2, 0.25) is 11.8 Å². The van der Waals surface area contributed by atoms with Crippen LogP contribution in [-0.4, -0.2) is 18.4 Å². The molecule has 0 aromatic heterocycles. The highest BCUT2D eigenvalue weighted by Crippen LogP contribution is 2.28. The second-order valence-corrected chi connectivity index (χ2v) is 6.77. The number of carbonyl (C=O) groups excluding carboxylic acids is 2. The van der Waals surface area contributed by atoms with Crippen molar-refractivity contribution >= 4 is 40.7 Å². The Kier molecular flexibility index (Phi) is 5.44. The Morgan fingerprint density at radius 1 is 1.15 bits per heavy atom. The predicted octanol–water partition coefficient (Wildman–Crippen LogP) is 3.94. The molecule has 0 aliphatic carbocycles. The van der Waals surface area contributed by atoms with Crippen LogP contribution in [-0.2, 0) is 16.1 Å². The fraction of sp³-hybridized carbons (Fsp3) is 0.222. The zero-order chi connectivity index (χ0) is 18.8. The van der Waals surface area contributed by atoms with Gasteiger partial charge in [0, 0.05) is 30.2 Å². The summed E-state index contributed by atoms with van der Waals surface area (Å²) in [6.45, 7) is 0.300. The predicted molar refractivity (Wildman–Crippen MR) is 95.1 cm³/mol. The molecule has 136 valence electrons. The molecule has 2 amide bonds. The summed E-state index contributed by atoms with van der Waals surface area (Å²) in [5, 5.41) is 2.83. The molecule has 4 nitrogen and oxygen atoms in total. The standard InChI is InChI=1S/C18H14Cl2F2N2O2/c19-14-6-12(21)2-1-10(14)8-23-18(26)11-5-17(25)24(9-11)13-3-4-16(22)15(20)7-13/h1-4,6-7,11H,5,8-9H2,(H,23,26). The fourth-order valence-electron chi connectivity index (χ4n) is 2.78. The van der Waals surface area contributed by atoms with Gasteiger partial charge in [0.05, 0.1) is 10.9 Å². The summed E-state index contributed by atoms with van der Waals surface area (Å²) in [5.74, 6) is -2.14. The van der Waals surface area contributed by atoms with Crippen molar-refractivity contribution in [1.29, 1.82) is 0 Å². The summed E-state index contributed by atoms with van der Waals surface area (Å²) >= 11 is 11.7. The first-order chi connectivity index (χ1) is 12.3. The van der Waals surface area contributed by atoms with E-state index in [1.54, 1.807) is 0 Å². The number of amides is 2. The van der Waals surface area contributed by atoms with Gasteiger partial charge in [-0.2, -0.15) is 0 Å². The molecule has 1 aliphatic rings. The van der Waals surface area contributed by atoms with Crippen LogP contribution in [0, 0.1) is 17.6 Å². The fourth-order valence-corrected chi connectivity index (χ4v) is 3.19. The number of hydrogen-bond acceptors (Lipinski definition) is 2. The Morgan fingerprint density at radius 2 is 1.92 bits per heavy atom. The number of nitrogens with one attached hydrogen (secondary N) is 1. The van der Waals surface area contributed by atoms with Crippen LogP contribution in [0.5, 0.6) is 0 Å². The molecular formula is C18H14Cl2F2N2O2. The van der Waals surface area contributed by atoms with Crippen LogP contribution in [0.25, 0.3) is 0 Å². The molecule has 1 saturated heterocycles. The van der Waals surface area contributed by atoms with Crippen molar-refractivity contribution in [1.82, 2.24) is 5.32 Å². The van der Waals surface area contributed by atoms with E-state index in [4.69, 9.17) is 23.2 Å². The summed E-state index contributed by atoms with van der Waals surface area (Å²) in [5.41, 5.74) is 1.02. The van der Waals surface area contributed by atoms with Gasteiger partial charge in [0.15, 0.2) is 0 Å². The summed E-state index contributed by atoms with van der Waals surface area (Å²) in [4.78, 5) is 25.9. The van der Waals surface area contributed by atoms with Gasteiger partial charge in [0.1, 0.15) is 11.6 Å². The van der Waals surface area contributed by atoms with Gasteiger partial charge in [-0.25, -0.2) is 8.78 Å². The van der Waals surface area contributed by atoms with Crippen LogP contribution >= 0.6 is 23.2 Å². The third-order valence-corrected chi connectivity index (χ3v) is 4.82. The van der Waals surface area contributed by atoms with Crippen LogP contribution in [0.2, 0.25) is 10.0 Å². The van der Waals surface area contributed by atoms with Crippen LogP contribution < -0.4 is 10.2 Å². The zero-order valence-electron chi connectivity index (χ0n) is 13.4. The highest BCUT2D eigenvalue weighted by atomic mass is 35.5. The summed E-state index contributed by atoms with van der Waals surface area (Å²) in [6, 6.07) is 7.89. The van der Waals surface area contributed by atoms with E-state index in [-0.39, 0.29) is 41.4 Å². The molecule has 8 heteroatoms. The maximum atomic E-state index is 13.3. The van der Waals surface area contributed by atoms with Crippen LogP contribution in [0.1, 0.15) is 12.0 Å². The first kappa shape index (κ1) is 18.6. The van der Waals surface area contributed by atoms with E-state index in [1.165, 1.54) is 41.3 Å². The second kappa shape index (κ2) is 7.60. The van der Waals surface area contributed by atoms with E-state index in [2.05, 4.69) is 5.32 Å². The Hall–Kier alpha value is -2.18. The molecule has 26 heavy (non-hydrogen) atoms. The van der Waals surface area contributed by atoms with E-state index >= 15 is 0 Å². The molecule has 2 aromatic carbocycles. The number of carbonyl (C=O) groups is 2. The number of nitrogens with zero attached hydrogens (tertiary/aromatic N) is 1. The lowest BCUT2D eigenvalue weighted by Gasteiger charge is -2.17. The number of rotatable bonds is 4. The normalized spacial score (nSPS) is 16.8. The second-order valence-electron chi connectivity index (χ2n) is 5.96. The van der Waals surface area contributed by atoms with Gasteiger partial charge in [-0.05, 0) is 35.9 Å². The minimum atomic E-state index is -0.576. The molecule has 1 atom stereocenters. The molecule has 3 rings (SSSR count). The smallest absolute Gasteiger partial charge is 0.227 e. The minimum absolute atomic E-state index is 0.0397. The Balaban J connectivity index is 1.64. The van der Waals surface area contributed by atoms with Crippen molar-refractivity contribution in [3.05, 3.63) is 63.6 Å². The lowest BCUT2D eigenvalue weighted by molar-refractivity contribution is -0.126. The topological polar surface area (TPSA) is 49.4 Å². The molecule has 0 radical (unpaired) electrons. The third kappa shape index (κ3) is 3.97. The molecule has 0 bridgehead atoms. The van der Waals surface area contributed by atoms with Crippen LogP contribution in [0.15, 0.2) is 36.4 Å². The van der Waals surface area contributed by atoms with Gasteiger partial charge in [0.25, 0.3) is 0 Å². The minimum Gasteiger partial charge on any atom is -0.352 e. The quantitative estimate of drug-likeness (QED) is 0.847. The molecular weight excluding hydrogens is 385 g/mol. The van der Waals surface area contributed by atoms with Gasteiger partial charge in [-0.3, -0.25) is 9.59 Å². The van der Waals surface area contributed by atoms with Gasteiger partial charge < -0.3 is 10.2 Å².